The van der Waals surface area contributed by atoms with E-state index in [9.17, 15) is 14.3 Å². The van der Waals surface area contributed by atoms with Crippen molar-refractivity contribution in [1.82, 2.24) is 0 Å². The van der Waals surface area contributed by atoms with Crippen LogP contribution in [0.4, 0.5) is 4.39 Å². The molecule has 0 fully saturated rings. The molecule has 16 heavy (non-hydrogen) atoms. The molecule has 86 valence electrons. The van der Waals surface area contributed by atoms with Gasteiger partial charge >= 0.3 is 5.97 Å². The number of rotatable bonds is 4. The van der Waals surface area contributed by atoms with Crippen molar-refractivity contribution in [3.05, 3.63) is 29.6 Å². The molecule has 1 rings (SSSR count). The molecule has 0 aliphatic carbocycles. The van der Waals surface area contributed by atoms with Crippen molar-refractivity contribution in [3.63, 3.8) is 0 Å². The molecule has 1 aromatic carbocycles. The highest BCUT2D eigenvalue weighted by molar-refractivity contribution is 5.82. The third-order valence-electron chi connectivity index (χ3n) is 1.67. The predicted octanol–water partition coefficient (Wildman–Crippen LogP) is 1.05. The van der Waals surface area contributed by atoms with Gasteiger partial charge in [0.05, 0.1) is 13.3 Å². The third-order valence-corrected chi connectivity index (χ3v) is 1.67. The zero-order valence-electron chi connectivity index (χ0n) is 8.51. The van der Waals surface area contributed by atoms with Crippen LogP contribution in [0.5, 0.6) is 5.75 Å². The van der Waals surface area contributed by atoms with Crippen LogP contribution < -0.4 is 0 Å². The molecule has 0 radical (unpaired) electrons. The summed E-state index contributed by atoms with van der Waals surface area (Å²) in [6.07, 6.45) is 1.10. The van der Waals surface area contributed by atoms with E-state index >= 15 is 0 Å². The number of methoxy groups -OCH3 is 1. The van der Waals surface area contributed by atoms with E-state index < -0.39 is 11.8 Å². The van der Waals surface area contributed by atoms with Crippen molar-refractivity contribution in [2.45, 2.75) is 0 Å². The Balaban J connectivity index is 2.56. The topological polar surface area (TPSA) is 68.1 Å². The Kier molecular flexibility index (Phi) is 4.26. The van der Waals surface area contributed by atoms with Crippen molar-refractivity contribution in [1.29, 1.82) is 0 Å². The highest BCUT2D eigenvalue weighted by Crippen LogP contribution is 2.15. The zero-order valence-corrected chi connectivity index (χ0v) is 8.51. The second-order valence-corrected chi connectivity index (χ2v) is 2.79. The molecule has 0 aliphatic heterocycles. The smallest absolute Gasteiger partial charge is 0.346 e. The number of esters is 1. The van der Waals surface area contributed by atoms with Gasteiger partial charge < -0.3 is 14.7 Å². The zero-order chi connectivity index (χ0) is 12.0. The number of ether oxygens (including phenoxy) is 1. The van der Waals surface area contributed by atoms with E-state index in [1.54, 1.807) is 0 Å². The summed E-state index contributed by atoms with van der Waals surface area (Å²) in [5.41, 5.74) is 0.157. The first-order valence-corrected chi connectivity index (χ1v) is 4.34. The van der Waals surface area contributed by atoms with Crippen LogP contribution in [0.3, 0.4) is 0 Å². The van der Waals surface area contributed by atoms with E-state index in [0.717, 1.165) is 18.3 Å². The number of carbonyl (C=O) groups excluding carboxylic acids is 1. The Morgan fingerprint density at radius 2 is 2.38 bits per heavy atom. The molecule has 6 heteroatoms. The van der Waals surface area contributed by atoms with Gasteiger partial charge in [0.1, 0.15) is 11.6 Å². The monoisotopic (exact) mass is 227 g/mol. The van der Waals surface area contributed by atoms with Gasteiger partial charge in [-0.15, -0.1) is 0 Å². The first kappa shape index (κ1) is 12.0. The molecular formula is C10H10FNO4. The number of phenols is 1. The first-order chi connectivity index (χ1) is 7.63. The van der Waals surface area contributed by atoms with Gasteiger partial charge in [-0.3, -0.25) is 0 Å². The second-order valence-electron chi connectivity index (χ2n) is 2.79. The summed E-state index contributed by atoms with van der Waals surface area (Å²) in [7, 11) is 1.22. The molecule has 0 bridgehead atoms. The molecule has 5 nitrogen and oxygen atoms in total. The molecule has 0 aliphatic rings. The molecule has 0 atom stereocenters. The Morgan fingerprint density at radius 3 is 3.06 bits per heavy atom. The summed E-state index contributed by atoms with van der Waals surface area (Å²) < 4.78 is 17.0. The minimum atomic E-state index is -0.583. The molecule has 1 N–H and O–H groups in total. The lowest BCUT2D eigenvalue weighted by Crippen LogP contribution is -2.07. The number of halogens is 1. The van der Waals surface area contributed by atoms with Gasteiger partial charge in [0.15, 0.2) is 0 Å². The molecule has 0 aromatic heterocycles. The van der Waals surface area contributed by atoms with Crippen LogP contribution in [-0.4, -0.2) is 31.0 Å². The van der Waals surface area contributed by atoms with Crippen molar-refractivity contribution >= 4 is 12.2 Å². The SMILES string of the molecule is COC(=O)CO/N=C/c1cc(F)ccc1O. The van der Waals surface area contributed by atoms with Crippen molar-refractivity contribution < 1.29 is 23.9 Å². The third kappa shape index (κ3) is 3.56. The van der Waals surface area contributed by atoms with Crippen LogP contribution >= 0.6 is 0 Å². The number of nitrogens with zero attached hydrogens (tertiary/aromatic N) is 1. The lowest BCUT2D eigenvalue weighted by Gasteiger charge is -1.99. The fraction of sp³-hybridized carbons (Fsp3) is 0.200. The van der Waals surface area contributed by atoms with Crippen molar-refractivity contribution in [3.8, 4) is 5.75 Å². The van der Waals surface area contributed by atoms with E-state index in [1.807, 2.05) is 0 Å². The molecule has 1 aromatic rings. The predicted molar refractivity (Wildman–Crippen MR) is 53.6 cm³/mol. The lowest BCUT2D eigenvalue weighted by atomic mass is 10.2. The maximum Gasteiger partial charge on any atom is 0.346 e. The fourth-order valence-corrected chi connectivity index (χ4v) is 0.872. The highest BCUT2D eigenvalue weighted by atomic mass is 19.1. The lowest BCUT2D eigenvalue weighted by molar-refractivity contribution is -0.145. The van der Waals surface area contributed by atoms with Crippen LogP contribution in [-0.2, 0) is 14.4 Å². The van der Waals surface area contributed by atoms with Crippen molar-refractivity contribution in [2.24, 2.45) is 5.16 Å². The average Bonchev–Trinajstić information content (AvgIpc) is 2.28. The van der Waals surface area contributed by atoms with Crippen LogP contribution in [0.1, 0.15) is 5.56 Å². The van der Waals surface area contributed by atoms with Crippen molar-refractivity contribution in [2.75, 3.05) is 13.7 Å². The van der Waals surface area contributed by atoms with Gasteiger partial charge in [-0.2, -0.15) is 0 Å². The maximum atomic E-state index is 12.8. The summed E-state index contributed by atoms with van der Waals surface area (Å²) in [6.45, 7) is -0.344. The Bertz CT molecular complexity index is 406. The van der Waals surface area contributed by atoms with E-state index in [0.29, 0.717) is 0 Å². The van der Waals surface area contributed by atoms with Gasteiger partial charge in [-0.1, -0.05) is 5.16 Å². The highest BCUT2D eigenvalue weighted by Gasteiger charge is 2.01. The number of benzene rings is 1. The van der Waals surface area contributed by atoms with Crippen LogP contribution in [0.2, 0.25) is 0 Å². The van der Waals surface area contributed by atoms with Crippen LogP contribution in [0.25, 0.3) is 0 Å². The number of hydrogen-bond acceptors (Lipinski definition) is 5. The van der Waals surface area contributed by atoms with Crippen LogP contribution in [0, 0.1) is 5.82 Å². The van der Waals surface area contributed by atoms with Gasteiger partial charge in [0.25, 0.3) is 0 Å². The largest absolute Gasteiger partial charge is 0.507 e. The number of hydrogen-bond donors (Lipinski definition) is 1. The first-order valence-electron chi connectivity index (χ1n) is 4.34. The van der Waals surface area contributed by atoms with E-state index in [1.165, 1.54) is 13.2 Å². The Morgan fingerprint density at radius 1 is 1.62 bits per heavy atom. The molecule has 0 saturated carbocycles. The number of phenolic OH excluding ortho intramolecular Hbond substituents is 1. The quantitative estimate of drug-likeness (QED) is 0.474. The van der Waals surface area contributed by atoms with Gasteiger partial charge in [-0.05, 0) is 18.2 Å². The fourth-order valence-electron chi connectivity index (χ4n) is 0.872. The maximum absolute atomic E-state index is 12.8. The Hall–Kier alpha value is -2.11. The summed E-state index contributed by atoms with van der Waals surface area (Å²) >= 11 is 0. The number of oxime groups is 1. The van der Waals surface area contributed by atoms with Gasteiger partial charge in [-0.25, -0.2) is 9.18 Å². The average molecular weight is 227 g/mol. The standard InChI is InChI=1S/C10H10FNO4/c1-15-10(14)6-16-12-5-7-4-8(11)2-3-9(7)13/h2-5,13H,6H2,1H3/b12-5+. The molecular weight excluding hydrogens is 217 g/mol. The molecule has 0 amide bonds. The molecule has 0 unspecified atom stereocenters. The summed E-state index contributed by atoms with van der Waals surface area (Å²) in [4.78, 5) is 15.2. The van der Waals surface area contributed by atoms with Crippen LogP contribution in [0.15, 0.2) is 23.4 Å². The van der Waals surface area contributed by atoms with Gasteiger partial charge in [0, 0.05) is 5.56 Å². The van der Waals surface area contributed by atoms with E-state index in [-0.39, 0.29) is 17.9 Å². The van der Waals surface area contributed by atoms with E-state index in [2.05, 4.69) is 14.7 Å². The Labute approximate surface area is 91.1 Å². The minimum Gasteiger partial charge on any atom is -0.507 e. The normalized spacial score (nSPS) is 10.4. The molecule has 0 heterocycles. The van der Waals surface area contributed by atoms with Gasteiger partial charge in [0.2, 0.25) is 6.61 Å². The minimum absolute atomic E-state index is 0.133. The molecule has 0 spiro atoms. The summed E-state index contributed by atoms with van der Waals surface area (Å²) in [5, 5.41) is 12.7. The number of aromatic hydroxyl groups is 1. The summed E-state index contributed by atoms with van der Waals surface area (Å²) in [5.74, 6) is -1.22. The van der Waals surface area contributed by atoms with E-state index in [4.69, 9.17) is 0 Å². The summed E-state index contributed by atoms with van der Waals surface area (Å²) in [6, 6.07) is 3.39. The number of carbonyl (C=O) groups is 1. The second kappa shape index (κ2) is 5.69. The molecule has 0 saturated heterocycles.